The Morgan fingerprint density at radius 1 is 1.42 bits per heavy atom. The Labute approximate surface area is 161 Å². The first-order chi connectivity index (χ1) is 12.5. The van der Waals surface area contributed by atoms with Crippen LogP contribution in [0.2, 0.25) is 0 Å². The number of nitrogens with zero attached hydrogens (tertiary/aromatic N) is 1. The van der Waals surface area contributed by atoms with E-state index in [9.17, 15) is 9.59 Å². The monoisotopic (exact) mass is 395 g/mol. The highest BCUT2D eigenvalue weighted by atomic mass is 32.2. The van der Waals surface area contributed by atoms with Gasteiger partial charge in [-0.3, -0.25) is 9.59 Å². The number of thioether (sulfide) groups is 1. The van der Waals surface area contributed by atoms with E-state index in [0.717, 1.165) is 35.9 Å². The normalized spacial score (nSPS) is 13.5. The second-order valence-electron chi connectivity index (χ2n) is 6.67. The van der Waals surface area contributed by atoms with Crippen LogP contribution >= 0.6 is 23.1 Å². The zero-order valence-electron chi connectivity index (χ0n) is 15.2. The molecule has 8 heteroatoms. The van der Waals surface area contributed by atoms with Crippen LogP contribution in [0.1, 0.15) is 43.0 Å². The number of carbonyl (C=O) groups excluding carboxylic acids is 1. The minimum absolute atomic E-state index is 0.00179. The summed E-state index contributed by atoms with van der Waals surface area (Å²) in [5, 5.41) is 3.66. The summed E-state index contributed by atoms with van der Waals surface area (Å²) >= 11 is 3.10. The van der Waals surface area contributed by atoms with Crippen molar-refractivity contribution in [3.63, 3.8) is 0 Å². The van der Waals surface area contributed by atoms with Crippen molar-refractivity contribution in [2.75, 3.05) is 18.9 Å². The number of fused-ring (bicyclic) bond motifs is 3. The second kappa shape index (κ2) is 9.01. The molecule has 2 aromatic heterocycles. The molecule has 0 aliphatic heterocycles. The zero-order valence-corrected chi connectivity index (χ0v) is 16.9. The Morgan fingerprint density at radius 2 is 2.27 bits per heavy atom. The topological polar surface area (TPSA) is 84.1 Å². The predicted octanol–water partition coefficient (Wildman–Crippen LogP) is 2.64. The van der Waals surface area contributed by atoms with E-state index in [1.165, 1.54) is 22.2 Å². The highest BCUT2D eigenvalue weighted by Gasteiger charge is 2.21. The van der Waals surface area contributed by atoms with Crippen LogP contribution < -0.4 is 10.9 Å². The van der Waals surface area contributed by atoms with Gasteiger partial charge in [0.05, 0.1) is 23.0 Å². The molecule has 1 amide bonds. The molecule has 0 saturated carbocycles. The van der Waals surface area contributed by atoms with E-state index in [0.29, 0.717) is 30.5 Å². The number of aryl methyl sites for hydroxylation is 2. The quantitative estimate of drug-likeness (QED) is 0.638. The summed E-state index contributed by atoms with van der Waals surface area (Å²) in [4.78, 5) is 33.8. The molecule has 1 aliphatic rings. The molecular weight excluding hydrogens is 370 g/mol. The fourth-order valence-electron chi connectivity index (χ4n) is 3.03. The lowest BCUT2D eigenvalue weighted by molar-refractivity contribution is -0.118. The summed E-state index contributed by atoms with van der Waals surface area (Å²) in [6, 6.07) is 0. The van der Waals surface area contributed by atoms with E-state index in [-0.39, 0.29) is 17.6 Å². The maximum Gasteiger partial charge on any atom is 0.259 e. The van der Waals surface area contributed by atoms with Gasteiger partial charge in [-0.2, -0.15) is 0 Å². The molecule has 0 aromatic carbocycles. The number of H-pyrrole nitrogens is 1. The number of aromatic amines is 1. The van der Waals surface area contributed by atoms with Gasteiger partial charge in [-0.05, 0) is 45.1 Å². The minimum Gasteiger partial charge on any atom is -0.379 e. The number of hydrogen-bond donors (Lipinski definition) is 2. The van der Waals surface area contributed by atoms with Crippen molar-refractivity contribution in [2.24, 2.45) is 0 Å². The fraction of sp³-hybridized carbons (Fsp3) is 0.611. The van der Waals surface area contributed by atoms with Gasteiger partial charge in [-0.25, -0.2) is 4.98 Å². The standard InChI is InChI=1S/C18H25N3O3S2/c1-11(2)24-8-4-7-19-15(22)10-25-9-14-20-17(23)16-12-5-3-6-13(12)26-18(16)21-14/h11H,3-10H2,1-2H3,(H,19,22)(H,20,21,23). The predicted molar refractivity (Wildman–Crippen MR) is 107 cm³/mol. The van der Waals surface area contributed by atoms with Crippen molar-refractivity contribution in [3.05, 3.63) is 26.6 Å². The molecule has 2 heterocycles. The summed E-state index contributed by atoms with van der Waals surface area (Å²) in [5.74, 6) is 1.52. The summed E-state index contributed by atoms with van der Waals surface area (Å²) in [6.07, 6.45) is 4.20. The largest absolute Gasteiger partial charge is 0.379 e. The highest BCUT2D eigenvalue weighted by molar-refractivity contribution is 7.99. The third-order valence-electron chi connectivity index (χ3n) is 4.19. The van der Waals surface area contributed by atoms with Gasteiger partial charge in [0.25, 0.3) is 5.56 Å². The molecule has 6 nitrogen and oxygen atoms in total. The molecule has 1 aliphatic carbocycles. The molecule has 0 unspecified atom stereocenters. The average molecular weight is 396 g/mol. The van der Waals surface area contributed by atoms with Crippen molar-refractivity contribution in [1.82, 2.24) is 15.3 Å². The van der Waals surface area contributed by atoms with Crippen molar-refractivity contribution in [2.45, 2.75) is 51.4 Å². The van der Waals surface area contributed by atoms with Gasteiger partial charge in [-0.15, -0.1) is 23.1 Å². The molecule has 0 saturated heterocycles. The SMILES string of the molecule is CC(C)OCCCNC(=O)CSCc1nc2sc3c(c2c(=O)[nH]1)CCC3. The number of ether oxygens (including phenoxy) is 1. The van der Waals surface area contributed by atoms with Crippen molar-refractivity contribution in [1.29, 1.82) is 0 Å². The van der Waals surface area contributed by atoms with E-state index in [1.54, 1.807) is 11.3 Å². The van der Waals surface area contributed by atoms with Gasteiger partial charge < -0.3 is 15.0 Å². The van der Waals surface area contributed by atoms with Gasteiger partial charge in [-0.1, -0.05) is 0 Å². The van der Waals surface area contributed by atoms with E-state index >= 15 is 0 Å². The number of rotatable bonds is 9. The van der Waals surface area contributed by atoms with E-state index in [4.69, 9.17) is 4.74 Å². The molecule has 142 valence electrons. The molecule has 0 spiro atoms. The van der Waals surface area contributed by atoms with Gasteiger partial charge in [0.2, 0.25) is 5.91 Å². The van der Waals surface area contributed by atoms with Crippen LogP contribution in [-0.4, -0.2) is 40.9 Å². The lowest BCUT2D eigenvalue weighted by Gasteiger charge is -2.08. The number of thiophene rings is 1. The summed E-state index contributed by atoms with van der Waals surface area (Å²) < 4.78 is 5.43. The van der Waals surface area contributed by atoms with Crippen molar-refractivity contribution >= 4 is 39.2 Å². The fourth-order valence-corrected chi connectivity index (χ4v) is 5.03. The maximum absolute atomic E-state index is 12.4. The number of amides is 1. The van der Waals surface area contributed by atoms with Crippen LogP contribution in [0.3, 0.4) is 0 Å². The molecule has 26 heavy (non-hydrogen) atoms. The molecule has 0 radical (unpaired) electrons. The van der Waals surface area contributed by atoms with E-state index < -0.39 is 0 Å². The van der Waals surface area contributed by atoms with Gasteiger partial charge in [0.1, 0.15) is 10.7 Å². The first kappa shape index (κ1) is 19.4. The minimum atomic E-state index is -0.0420. The van der Waals surface area contributed by atoms with Gasteiger partial charge in [0, 0.05) is 18.0 Å². The smallest absolute Gasteiger partial charge is 0.259 e. The summed E-state index contributed by atoms with van der Waals surface area (Å²) in [5.41, 5.74) is 1.15. The van der Waals surface area contributed by atoms with Crippen LogP contribution in [0.15, 0.2) is 4.79 Å². The summed E-state index contributed by atoms with van der Waals surface area (Å²) in [6.45, 7) is 5.26. The third kappa shape index (κ3) is 4.86. The number of nitrogens with one attached hydrogen (secondary N) is 2. The Morgan fingerprint density at radius 3 is 3.08 bits per heavy atom. The molecule has 0 fully saturated rings. The number of hydrogen-bond acceptors (Lipinski definition) is 6. The Hall–Kier alpha value is -1.38. The van der Waals surface area contributed by atoms with Crippen LogP contribution in [0, 0.1) is 0 Å². The third-order valence-corrected chi connectivity index (χ3v) is 6.32. The highest BCUT2D eigenvalue weighted by Crippen LogP contribution is 2.34. The molecule has 0 bridgehead atoms. The second-order valence-corrected chi connectivity index (χ2v) is 8.74. The maximum atomic E-state index is 12.4. The molecule has 2 aromatic rings. The first-order valence-electron chi connectivity index (χ1n) is 9.04. The van der Waals surface area contributed by atoms with Crippen molar-refractivity contribution < 1.29 is 9.53 Å². The van der Waals surface area contributed by atoms with Gasteiger partial charge in [0.15, 0.2) is 0 Å². The van der Waals surface area contributed by atoms with Crippen LogP contribution in [-0.2, 0) is 28.1 Å². The lowest BCUT2D eigenvalue weighted by atomic mass is 10.2. The van der Waals surface area contributed by atoms with Crippen LogP contribution in [0.5, 0.6) is 0 Å². The van der Waals surface area contributed by atoms with Crippen molar-refractivity contribution in [3.8, 4) is 0 Å². The number of carbonyl (C=O) groups is 1. The Balaban J connectivity index is 1.45. The Bertz CT molecular complexity index is 829. The summed E-state index contributed by atoms with van der Waals surface area (Å²) in [7, 11) is 0. The Kier molecular flexibility index (Phi) is 6.72. The van der Waals surface area contributed by atoms with E-state index in [2.05, 4.69) is 15.3 Å². The zero-order chi connectivity index (χ0) is 18.5. The van der Waals surface area contributed by atoms with Crippen LogP contribution in [0.4, 0.5) is 0 Å². The molecular formula is C18H25N3O3S2. The average Bonchev–Trinajstić information content (AvgIpc) is 3.14. The number of aromatic nitrogens is 2. The molecule has 3 rings (SSSR count). The van der Waals surface area contributed by atoms with Crippen LogP contribution in [0.25, 0.3) is 10.2 Å². The first-order valence-corrected chi connectivity index (χ1v) is 11.0. The molecule has 2 N–H and O–H groups in total. The lowest BCUT2D eigenvalue weighted by Crippen LogP contribution is -2.27. The van der Waals surface area contributed by atoms with Gasteiger partial charge >= 0.3 is 0 Å². The van der Waals surface area contributed by atoms with E-state index in [1.807, 2.05) is 13.8 Å². The molecule has 0 atom stereocenters.